The van der Waals surface area contributed by atoms with Crippen molar-refractivity contribution in [2.75, 3.05) is 26.0 Å². The molecule has 0 atom stereocenters. The predicted octanol–water partition coefficient (Wildman–Crippen LogP) is 3.01. The molecular weight excluding hydrogens is 332 g/mol. The number of esters is 1. The number of aryl methyl sites for hydroxylation is 2. The van der Waals surface area contributed by atoms with E-state index < -0.39 is 5.97 Å². The number of likely N-dealkylation sites (N-methyl/N-ethyl adjacent to an activating group) is 1. The normalized spacial score (nSPS) is 10.5. The molecule has 140 valence electrons. The smallest absolute Gasteiger partial charge is 0.337 e. The predicted molar refractivity (Wildman–Crippen MR) is 101 cm³/mol. The van der Waals surface area contributed by atoms with Gasteiger partial charge < -0.3 is 15.0 Å². The highest BCUT2D eigenvalue weighted by atomic mass is 16.5. The van der Waals surface area contributed by atoms with Crippen LogP contribution in [0.25, 0.3) is 0 Å². The van der Waals surface area contributed by atoms with Crippen molar-refractivity contribution in [2.45, 2.75) is 33.7 Å². The lowest BCUT2D eigenvalue weighted by molar-refractivity contribution is 0.0600. The topological polar surface area (TPSA) is 76.5 Å². The fourth-order valence-corrected chi connectivity index (χ4v) is 2.85. The zero-order valence-corrected chi connectivity index (χ0v) is 16.0. The molecule has 0 unspecified atom stereocenters. The first-order chi connectivity index (χ1) is 12.4. The van der Waals surface area contributed by atoms with Crippen molar-refractivity contribution in [2.24, 2.45) is 0 Å². The molecule has 0 radical (unpaired) electrons. The van der Waals surface area contributed by atoms with Crippen LogP contribution in [0.1, 0.15) is 34.2 Å². The van der Waals surface area contributed by atoms with Gasteiger partial charge in [0.1, 0.15) is 0 Å². The molecule has 1 heterocycles. The fourth-order valence-electron chi connectivity index (χ4n) is 2.85. The summed E-state index contributed by atoms with van der Waals surface area (Å²) in [5.74, 6) is -0.437. The summed E-state index contributed by atoms with van der Waals surface area (Å²) in [5, 5.41) is 7.31. The SMILES string of the molecule is CCn1nc(C)c(CCN(C)C(=O)Nc2cccc(C(=O)OC)c2)c1C. The summed E-state index contributed by atoms with van der Waals surface area (Å²) in [6.45, 7) is 7.51. The van der Waals surface area contributed by atoms with Crippen molar-refractivity contribution in [3.8, 4) is 0 Å². The highest BCUT2D eigenvalue weighted by Gasteiger charge is 2.14. The number of carbonyl (C=O) groups excluding carboxylic acids is 2. The molecule has 0 fully saturated rings. The summed E-state index contributed by atoms with van der Waals surface area (Å²) in [6, 6.07) is 6.44. The molecule has 0 aliphatic rings. The van der Waals surface area contributed by atoms with Crippen LogP contribution in [0.2, 0.25) is 0 Å². The first-order valence-electron chi connectivity index (χ1n) is 8.60. The Morgan fingerprint density at radius 1 is 1.31 bits per heavy atom. The number of amides is 2. The number of rotatable bonds is 6. The van der Waals surface area contributed by atoms with Crippen molar-refractivity contribution in [3.63, 3.8) is 0 Å². The third kappa shape index (κ3) is 4.41. The molecule has 26 heavy (non-hydrogen) atoms. The number of nitrogens with zero attached hydrogens (tertiary/aromatic N) is 3. The highest BCUT2D eigenvalue weighted by molar-refractivity contribution is 5.93. The lowest BCUT2D eigenvalue weighted by Crippen LogP contribution is -2.33. The number of nitrogens with one attached hydrogen (secondary N) is 1. The van der Waals surface area contributed by atoms with Gasteiger partial charge in [-0.05, 0) is 51.0 Å². The van der Waals surface area contributed by atoms with E-state index in [-0.39, 0.29) is 6.03 Å². The molecule has 2 aromatic rings. The maximum absolute atomic E-state index is 12.4. The summed E-state index contributed by atoms with van der Waals surface area (Å²) < 4.78 is 6.67. The quantitative estimate of drug-likeness (QED) is 0.806. The van der Waals surface area contributed by atoms with Crippen LogP contribution >= 0.6 is 0 Å². The van der Waals surface area contributed by atoms with Crippen LogP contribution < -0.4 is 5.32 Å². The summed E-state index contributed by atoms with van der Waals surface area (Å²) >= 11 is 0. The van der Waals surface area contributed by atoms with Gasteiger partial charge in [0, 0.05) is 31.5 Å². The van der Waals surface area contributed by atoms with Gasteiger partial charge in [-0.25, -0.2) is 9.59 Å². The van der Waals surface area contributed by atoms with Crippen molar-refractivity contribution in [3.05, 3.63) is 46.8 Å². The lowest BCUT2D eigenvalue weighted by atomic mass is 10.1. The van der Waals surface area contributed by atoms with Gasteiger partial charge >= 0.3 is 12.0 Å². The second-order valence-corrected chi connectivity index (χ2v) is 6.14. The third-order valence-corrected chi connectivity index (χ3v) is 4.41. The Balaban J connectivity index is 1.98. The van der Waals surface area contributed by atoms with Gasteiger partial charge in [-0.1, -0.05) is 6.07 Å². The van der Waals surface area contributed by atoms with E-state index in [9.17, 15) is 9.59 Å². The first-order valence-corrected chi connectivity index (χ1v) is 8.60. The van der Waals surface area contributed by atoms with Crippen LogP contribution in [-0.2, 0) is 17.7 Å². The highest BCUT2D eigenvalue weighted by Crippen LogP contribution is 2.15. The summed E-state index contributed by atoms with van der Waals surface area (Å²) in [6.07, 6.45) is 0.740. The van der Waals surface area contributed by atoms with Gasteiger partial charge in [0.05, 0.1) is 18.4 Å². The Kier molecular flexibility index (Phi) is 6.38. The van der Waals surface area contributed by atoms with Crippen molar-refractivity contribution in [1.29, 1.82) is 0 Å². The maximum atomic E-state index is 12.4. The average molecular weight is 358 g/mol. The molecule has 7 nitrogen and oxygen atoms in total. The first kappa shape index (κ1) is 19.5. The van der Waals surface area contributed by atoms with Crippen molar-refractivity contribution >= 4 is 17.7 Å². The molecule has 1 aromatic heterocycles. The number of ether oxygens (including phenoxy) is 1. The number of hydrogen-bond donors (Lipinski definition) is 1. The molecule has 2 amide bonds. The Labute approximate surface area is 153 Å². The number of methoxy groups -OCH3 is 1. The van der Waals surface area contributed by atoms with Crippen molar-refractivity contribution in [1.82, 2.24) is 14.7 Å². The van der Waals surface area contributed by atoms with Crippen LogP contribution in [0, 0.1) is 13.8 Å². The minimum absolute atomic E-state index is 0.231. The van der Waals surface area contributed by atoms with E-state index in [4.69, 9.17) is 4.74 Å². The Bertz CT molecular complexity index is 798. The Hall–Kier alpha value is -2.83. The van der Waals surface area contributed by atoms with E-state index in [0.29, 0.717) is 17.8 Å². The summed E-state index contributed by atoms with van der Waals surface area (Å²) in [5.41, 5.74) is 4.27. The van der Waals surface area contributed by atoms with Crippen LogP contribution in [0.3, 0.4) is 0 Å². The number of urea groups is 1. The fraction of sp³-hybridized carbons (Fsp3) is 0.421. The van der Waals surface area contributed by atoms with Gasteiger partial charge in [0.2, 0.25) is 0 Å². The zero-order chi connectivity index (χ0) is 19.3. The van der Waals surface area contributed by atoms with Gasteiger partial charge in [-0.2, -0.15) is 5.10 Å². The molecule has 0 bridgehead atoms. The van der Waals surface area contributed by atoms with E-state index in [1.54, 1.807) is 36.2 Å². The second kappa shape index (κ2) is 8.51. The molecular formula is C19H26N4O3. The lowest BCUT2D eigenvalue weighted by Gasteiger charge is -2.18. The van der Waals surface area contributed by atoms with Gasteiger partial charge in [0.25, 0.3) is 0 Å². The summed E-state index contributed by atoms with van der Waals surface area (Å²) in [7, 11) is 3.07. The van der Waals surface area contributed by atoms with E-state index in [2.05, 4.69) is 24.3 Å². The molecule has 2 rings (SSSR count). The molecule has 0 spiro atoms. The molecule has 0 aliphatic carbocycles. The van der Waals surface area contributed by atoms with E-state index in [0.717, 1.165) is 24.4 Å². The van der Waals surface area contributed by atoms with Crippen molar-refractivity contribution < 1.29 is 14.3 Å². The molecule has 1 aromatic carbocycles. The van der Waals surface area contributed by atoms with Gasteiger partial charge in [-0.3, -0.25) is 4.68 Å². The van der Waals surface area contributed by atoms with Crippen LogP contribution in [-0.4, -0.2) is 47.4 Å². The van der Waals surface area contributed by atoms with E-state index in [1.165, 1.54) is 12.7 Å². The number of anilines is 1. The summed E-state index contributed by atoms with van der Waals surface area (Å²) in [4.78, 5) is 25.6. The number of carbonyl (C=O) groups is 2. The largest absolute Gasteiger partial charge is 0.465 e. The molecule has 7 heteroatoms. The monoisotopic (exact) mass is 358 g/mol. The zero-order valence-electron chi connectivity index (χ0n) is 16.0. The average Bonchev–Trinajstić information content (AvgIpc) is 2.92. The second-order valence-electron chi connectivity index (χ2n) is 6.14. The Morgan fingerprint density at radius 2 is 2.04 bits per heavy atom. The molecule has 0 saturated heterocycles. The van der Waals surface area contributed by atoms with Crippen LogP contribution in [0.5, 0.6) is 0 Å². The minimum atomic E-state index is -0.437. The van der Waals surface area contributed by atoms with Crippen LogP contribution in [0.15, 0.2) is 24.3 Å². The molecule has 0 saturated carbocycles. The maximum Gasteiger partial charge on any atom is 0.337 e. The number of benzene rings is 1. The number of aromatic nitrogens is 2. The minimum Gasteiger partial charge on any atom is -0.465 e. The Morgan fingerprint density at radius 3 is 2.65 bits per heavy atom. The molecule has 1 N–H and O–H groups in total. The third-order valence-electron chi connectivity index (χ3n) is 4.41. The van der Waals surface area contributed by atoms with E-state index >= 15 is 0 Å². The standard InChI is InChI=1S/C19H26N4O3/c1-6-23-14(3)17(13(2)21-23)10-11-22(4)19(25)20-16-9-7-8-15(12-16)18(24)26-5/h7-9,12H,6,10-11H2,1-5H3,(H,20,25). The van der Waals surface area contributed by atoms with E-state index in [1.807, 2.05) is 11.6 Å². The van der Waals surface area contributed by atoms with Crippen LogP contribution in [0.4, 0.5) is 10.5 Å². The number of hydrogen-bond acceptors (Lipinski definition) is 4. The van der Waals surface area contributed by atoms with Gasteiger partial charge in [-0.15, -0.1) is 0 Å². The van der Waals surface area contributed by atoms with Gasteiger partial charge in [0.15, 0.2) is 0 Å². The molecule has 0 aliphatic heterocycles.